The Hall–Kier alpha value is -3.81. The highest BCUT2D eigenvalue weighted by Crippen LogP contribution is 2.09. The minimum atomic E-state index is -0.230. The summed E-state index contributed by atoms with van der Waals surface area (Å²) in [5.41, 5.74) is 3.29. The maximum atomic E-state index is 12.2. The standard InChI is InChI=1S/C21H21N7O/c29-21(22-13-7-15-28-20-12-5-4-11-18(20)23-26-28)19-16-27(25-24-19)14-6-10-17-8-2-1-3-9-17/h1-6,8-12,16H,7,13-15H2,(H,22,29). The topological polar surface area (TPSA) is 90.5 Å². The summed E-state index contributed by atoms with van der Waals surface area (Å²) in [5, 5.41) is 19.1. The van der Waals surface area contributed by atoms with Crippen molar-refractivity contribution in [3.8, 4) is 0 Å². The van der Waals surface area contributed by atoms with E-state index < -0.39 is 0 Å². The van der Waals surface area contributed by atoms with Crippen LogP contribution < -0.4 is 5.32 Å². The first-order chi connectivity index (χ1) is 14.3. The molecule has 8 nitrogen and oxygen atoms in total. The first-order valence-electron chi connectivity index (χ1n) is 9.48. The van der Waals surface area contributed by atoms with E-state index >= 15 is 0 Å². The largest absolute Gasteiger partial charge is 0.351 e. The number of para-hydroxylation sites is 1. The number of amides is 1. The minimum Gasteiger partial charge on any atom is -0.351 e. The van der Waals surface area contributed by atoms with Crippen molar-refractivity contribution in [1.82, 2.24) is 35.3 Å². The Labute approximate surface area is 167 Å². The van der Waals surface area contributed by atoms with Gasteiger partial charge in [0.05, 0.1) is 18.3 Å². The summed E-state index contributed by atoms with van der Waals surface area (Å²) < 4.78 is 3.48. The van der Waals surface area contributed by atoms with Crippen LogP contribution in [0, 0.1) is 0 Å². The number of carbonyl (C=O) groups is 1. The molecule has 0 fully saturated rings. The molecular weight excluding hydrogens is 366 g/mol. The fourth-order valence-electron chi connectivity index (χ4n) is 2.96. The van der Waals surface area contributed by atoms with Gasteiger partial charge in [-0.25, -0.2) is 9.36 Å². The van der Waals surface area contributed by atoms with Crippen molar-refractivity contribution >= 4 is 23.0 Å². The molecule has 0 aliphatic heterocycles. The maximum Gasteiger partial charge on any atom is 0.273 e. The molecule has 0 unspecified atom stereocenters. The van der Waals surface area contributed by atoms with Gasteiger partial charge < -0.3 is 5.32 Å². The molecule has 1 amide bonds. The summed E-state index contributed by atoms with van der Waals surface area (Å²) in [6.45, 7) is 1.75. The lowest BCUT2D eigenvalue weighted by atomic mass is 10.2. The molecule has 0 atom stereocenters. The quantitative estimate of drug-likeness (QED) is 0.469. The van der Waals surface area contributed by atoms with Crippen molar-refractivity contribution in [2.24, 2.45) is 0 Å². The van der Waals surface area contributed by atoms with Gasteiger partial charge in [-0.05, 0) is 24.1 Å². The second-order valence-corrected chi connectivity index (χ2v) is 6.55. The predicted molar refractivity (Wildman–Crippen MR) is 110 cm³/mol. The third kappa shape index (κ3) is 4.73. The Kier molecular flexibility index (Phi) is 5.70. The van der Waals surface area contributed by atoms with Crippen LogP contribution in [0.15, 0.2) is 66.9 Å². The van der Waals surface area contributed by atoms with Crippen LogP contribution >= 0.6 is 0 Å². The number of aromatic nitrogens is 6. The second-order valence-electron chi connectivity index (χ2n) is 6.55. The van der Waals surface area contributed by atoms with Crippen molar-refractivity contribution in [2.45, 2.75) is 19.5 Å². The van der Waals surface area contributed by atoms with Crippen molar-refractivity contribution in [3.63, 3.8) is 0 Å². The van der Waals surface area contributed by atoms with Gasteiger partial charge >= 0.3 is 0 Å². The highest BCUT2D eigenvalue weighted by Gasteiger charge is 2.10. The average Bonchev–Trinajstić information content (AvgIpc) is 3.39. The van der Waals surface area contributed by atoms with E-state index in [1.54, 1.807) is 10.9 Å². The summed E-state index contributed by atoms with van der Waals surface area (Å²) >= 11 is 0. The van der Waals surface area contributed by atoms with Crippen LogP contribution in [0.4, 0.5) is 0 Å². The normalized spacial score (nSPS) is 11.3. The number of rotatable bonds is 8. The minimum absolute atomic E-state index is 0.230. The number of fused-ring (bicyclic) bond motifs is 1. The van der Waals surface area contributed by atoms with Crippen LogP contribution in [0.5, 0.6) is 0 Å². The Bertz CT molecular complexity index is 1110. The Morgan fingerprint density at radius 1 is 1.00 bits per heavy atom. The van der Waals surface area contributed by atoms with Crippen molar-refractivity contribution < 1.29 is 4.79 Å². The molecule has 4 rings (SSSR count). The molecule has 2 aromatic carbocycles. The highest BCUT2D eigenvalue weighted by atomic mass is 16.2. The van der Waals surface area contributed by atoms with E-state index in [1.807, 2.05) is 71.4 Å². The average molecular weight is 387 g/mol. The molecule has 0 bridgehead atoms. The number of nitrogens with zero attached hydrogens (tertiary/aromatic N) is 6. The number of aryl methyl sites for hydroxylation is 1. The lowest BCUT2D eigenvalue weighted by molar-refractivity contribution is 0.0947. The highest BCUT2D eigenvalue weighted by molar-refractivity contribution is 5.91. The van der Waals surface area contributed by atoms with E-state index in [0.29, 0.717) is 25.3 Å². The molecule has 29 heavy (non-hydrogen) atoms. The molecule has 0 spiro atoms. The van der Waals surface area contributed by atoms with Gasteiger partial charge in [0.1, 0.15) is 5.52 Å². The van der Waals surface area contributed by atoms with Gasteiger partial charge in [0.2, 0.25) is 0 Å². The van der Waals surface area contributed by atoms with Crippen molar-refractivity contribution in [1.29, 1.82) is 0 Å². The van der Waals surface area contributed by atoms with Gasteiger partial charge in [0.25, 0.3) is 5.91 Å². The molecule has 0 aliphatic rings. The predicted octanol–water partition coefficient (Wildman–Crippen LogP) is 2.56. The van der Waals surface area contributed by atoms with Crippen LogP contribution in [0.2, 0.25) is 0 Å². The third-order valence-electron chi connectivity index (χ3n) is 4.43. The summed E-state index contributed by atoms with van der Waals surface area (Å²) in [4.78, 5) is 12.2. The van der Waals surface area contributed by atoms with Gasteiger partial charge in [-0.1, -0.05) is 65.0 Å². The van der Waals surface area contributed by atoms with Crippen molar-refractivity contribution in [2.75, 3.05) is 6.54 Å². The molecule has 146 valence electrons. The Morgan fingerprint density at radius 2 is 1.83 bits per heavy atom. The van der Waals surface area contributed by atoms with E-state index in [1.165, 1.54) is 0 Å². The number of hydrogen-bond acceptors (Lipinski definition) is 5. The molecule has 8 heteroatoms. The van der Waals surface area contributed by atoms with Gasteiger partial charge in [0, 0.05) is 13.1 Å². The first-order valence-corrected chi connectivity index (χ1v) is 9.48. The Morgan fingerprint density at radius 3 is 2.72 bits per heavy atom. The zero-order valence-electron chi connectivity index (χ0n) is 15.8. The second kappa shape index (κ2) is 8.92. The van der Waals surface area contributed by atoms with Gasteiger partial charge in [0.15, 0.2) is 5.69 Å². The number of carbonyl (C=O) groups excluding carboxylic acids is 1. The molecule has 1 N–H and O–H groups in total. The fraction of sp³-hybridized carbons (Fsp3) is 0.190. The SMILES string of the molecule is O=C(NCCCn1nnc2ccccc21)c1cn(CC=Cc2ccccc2)nn1. The lowest BCUT2D eigenvalue weighted by Crippen LogP contribution is -2.25. The van der Waals surface area contributed by atoms with E-state index in [-0.39, 0.29) is 5.91 Å². The van der Waals surface area contributed by atoms with Crippen LogP contribution in [-0.4, -0.2) is 42.4 Å². The molecule has 4 aromatic rings. The van der Waals surface area contributed by atoms with Crippen LogP contribution in [0.3, 0.4) is 0 Å². The summed E-state index contributed by atoms with van der Waals surface area (Å²) in [6.07, 6.45) is 6.38. The molecule has 0 aliphatic carbocycles. The number of hydrogen-bond donors (Lipinski definition) is 1. The van der Waals surface area contributed by atoms with Crippen LogP contribution in [0.25, 0.3) is 17.1 Å². The first kappa shape index (κ1) is 18.5. The zero-order valence-corrected chi connectivity index (χ0v) is 15.8. The van der Waals surface area contributed by atoms with E-state index in [0.717, 1.165) is 23.0 Å². The molecule has 0 saturated heterocycles. The Balaban J connectivity index is 1.23. The van der Waals surface area contributed by atoms with E-state index in [4.69, 9.17) is 0 Å². The summed E-state index contributed by atoms with van der Waals surface area (Å²) in [7, 11) is 0. The lowest BCUT2D eigenvalue weighted by Gasteiger charge is -2.04. The van der Waals surface area contributed by atoms with Crippen LogP contribution in [-0.2, 0) is 13.1 Å². The fourth-order valence-corrected chi connectivity index (χ4v) is 2.96. The number of nitrogens with one attached hydrogen (secondary N) is 1. The maximum absolute atomic E-state index is 12.2. The van der Waals surface area contributed by atoms with Crippen LogP contribution in [0.1, 0.15) is 22.5 Å². The molecule has 0 radical (unpaired) electrons. The monoisotopic (exact) mass is 387 g/mol. The van der Waals surface area contributed by atoms with Gasteiger partial charge in [-0.2, -0.15) is 0 Å². The molecule has 2 aromatic heterocycles. The van der Waals surface area contributed by atoms with Gasteiger partial charge in [-0.3, -0.25) is 4.79 Å². The molecule has 0 saturated carbocycles. The van der Waals surface area contributed by atoms with Crippen molar-refractivity contribution in [3.05, 3.63) is 78.1 Å². The third-order valence-corrected chi connectivity index (χ3v) is 4.43. The zero-order chi connectivity index (χ0) is 19.9. The van der Waals surface area contributed by atoms with E-state index in [2.05, 4.69) is 25.9 Å². The van der Waals surface area contributed by atoms with Gasteiger partial charge in [-0.15, -0.1) is 10.2 Å². The summed E-state index contributed by atoms with van der Waals surface area (Å²) in [6, 6.07) is 17.8. The smallest absolute Gasteiger partial charge is 0.273 e. The molecular formula is C21H21N7O. The van der Waals surface area contributed by atoms with E-state index in [9.17, 15) is 4.79 Å². The number of allylic oxidation sites excluding steroid dienone is 1. The number of benzene rings is 2. The molecule has 2 heterocycles. The summed E-state index contributed by atoms with van der Waals surface area (Å²) in [5.74, 6) is -0.230.